The summed E-state index contributed by atoms with van der Waals surface area (Å²) in [5, 5.41) is 20.6. The number of hydrogen-bond acceptors (Lipinski definition) is 9. The lowest BCUT2D eigenvalue weighted by atomic mass is 9.95. The maximum Gasteiger partial charge on any atom is 0.296 e. The molecule has 1 aliphatic rings. The molecular formula is C33H28ClN3O5S2. The molecule has 2 heterocycles. The van der Waals surface area contributed by atoms with Gasteiger partial charge in [-0.1, -0.05) is 108 Å². The molecule has 3 aromatic carbocycles. The average Bonchev–Trinajstić information content (AvgIpc) is 3.61. The largest absolute Gasteiger partial charge is 0.503 e. The third-order valence-electron chi connectivity index (χ3n) is 6.55. The van der Waals surface area contributed by atoms with Crippen LogP contribution in [0.3, 0.4) is 0 Å². The van der Waals surface area contributed by atoms with Gasteiger partial charge in [0.2, 0.25) is 5.13 Å². The molecule has 1 atom stereocenters. The van der Waals surface area contributed by atoms with Gasteiger partial charge < -0.3 is 14.6 Å². The molecular weight excluding hydrogens is 618 g/mol. The van der Waals surface area contributed by atoms with E-state index in [1.807, 2.05) is 61.5 Å². The Labute approximate surface area is 268 Å². The molecule has 1 amide bonds. The molecule has 0 saturated carbocycles. The summed E-state index contributed by atoms with van der Waals surface area (Å²) >= 11 is 8.91. The number of anilines is 1. The number of ether oxygens (including phenoxy) is 2. The number of aromatic nitrogens is 2. The highest BCUT2D eigenvalue weighted by Crippen LogP contribution is 2.45. The minimum atomic E-state index is -1.00. The molecule has 0 bridgehead atoms. The average molecular weight is 646 g/mol. The standard InChI is InChI=1S/C33H28ClN3O5S2/c1-3-18-42-26-17-15-22(19-27(26)41-4-2)29-28(25(38)16-14-21-10-6-5-7-11-21)30(39)31(40)37(29)32-35-36-33(44-32)43-20-23-12-8-9-13-24(23)34/h3,5-17,19,29,39H,1,4,18,20H2,2H3/b16-14+. The van der Waals surface area contributed by atoms with E-state index in [9.17, 15) is 14.7 Å². The Hall–Kier alpha value is -4.38. The number of allylic oxidation sites excluding steroid dienone is 1. The van der Waals surface area contributed by atoms with Crippen LogP contribution in [-0.4, -0.2) is 40.2 Å². The highest BCUT2D eigenvalue weighted by Gasteiger charge is 2.45. The first-order valence-electron chi connectivity index (χ1n) is 13.7. The predicted molar refractivity (Wildman–Crippen MR) is 175 cm³/mol. The Morgan fingerprint density at radius 3 is 2.61 bits per heavy atom. The molecule has 1 aromatic heterocycles. The van der Waals surface area contributed by atoms with Gasteiger partial charge in [-0.2, -0.15) is 0 Å². The number of halogens is 1. The summed E-state index contributed by atoms with van der Waals surface area (Å²) in [5.41, 5.74) is 2.18. The van der Waals surface area contributed by atoms with Crippen molar-refractivity contribution in [3.05, 3.63) is 125 Å². The van der Waals surface area contributed by atoms with E-state index < -0.39 is 23.5 Å². The van der Waals surface area contributed by atoms with Gasteiger partial charge in [0, 0.05) is 10.8 Å². The second-order valence-electron chi connectivity index (χ2n) is 9.42. The summed E-state index contributed by atoms with van der Waals surface area (Å²) in [7, 11) is 0. The summed E-state index contributed by atoms with van der Waals surface area (Å²) in [4.78, 5) is 28.6. The molecule has 0 aliphatic carbocycles. The van der Waals surface area contributed by atoms with Gasteiger partial charge in [0.1, 0.15) is 6.61 Å². The van der Waals surface area contributed by atoms with Crippen molar-refractivity contribution in [2.75, 3.05) is 18.1 Å². The number of amides is 1. The van der Waals surface area contributed by atoms with Crippen molar-refractivity contribution in [2.24, 2.45) is 0 Å². The van der Waals surface area contributed by atoms with Gasteiger partial charge in [-0.05, 0) is 47.9 Å². The van der Waals surface area contributed by atoms with Crippen LogP contribution in [0.25, 0.3) is 6.08 Å². The Morgan fingerprint density at radius 1 is 1.09 bits per heavy atom. The lowest BCUT2D eigenvalue weighted by Crippen LogP contribution is -2.31. The van der Waals surface area contributed by atoms with E-state index in [-0.39, 0.29) is 17.3 Å². The van der Waals surface area contributed by atoms with Crippen molar-refractivity contribution in [3.8, 4) is 11.5 Å². The van der Waals surface area contributed by atoms with Crippen LogP contribution in [0.4, 0.5) is 5.13 Å². The third kappa shape index (κ3) is 6.88. The van der Waals surface area contributed by atoms with Crippen LogP contribution in [0.2, 0.25) is 5.02 Å². The van der Waals surface area contributed by atoms with Crippen LogP contribution in [-0.2, 0) is 15.3 Å². The van der Waals surface area contributed by atoms with Crippen molar-refractivity contribution in [1.82, 2.24) is 10.2 Å². The molecule has 8 nitrogen and oxygen atoms in total. The quantitative estimate of drug-likeness (QED) is 0.0685. The van der Waals surface area contributed by atoms with Gasteiger partial charge >= 0.3 is 0 Å². The van der Waals surface area contributed by atoms with E-state index in [4.69, 9.17) is 21.1 Å². The van der Waals surface area contributed by atoms with Crippen LogP contribution in [0, 0.1) is 0 Å². The molecule has 0 spiro atoms. The SMILES string of the molecule is C=CCOc1ccc(C2C(C(=O)/C=C/c3ccccc3)=C(O)C(=O)N2c2nnc(SCc3ccccc3Cl)s2)cc1OCC. The van der Waals surface area contributed by atoms with E-state index in [0.29, 0.717) is 38.8 Å². The Morgan fingerprint density at radius 2 is 1.86 bits per heavy atom. The first kappa shape index (κ1) is 31.1. The minimum absolute atomic E-state index is 0.0788. The fraction of sp³-hybridized carbons (Fsp3) is 0.152. The number of benzene rings is 3. The van der Waals surface area contributed by atoms with Crippen LogP contribution < -0.4 is 14.4 Å². The number of nitrogens with zero attached hydrogens (tertiary/aromatic N) is 3. The second kappa shape index (κ2) is 14.4. The van der Waals surface area contributed by atoms with Crippen LogP contribution in [0.15, 0.2) is 107 Å². The molecule has 4 aromatic rings. The van der Waals surface area contributed by atoms with E-state index in [1.165, 1.54) is 34.1 Å². The molecule has 11 heteroatoms. The van der Waals surface area contributed by atoms with Gasteiger partial charge in [0.25, 0.3) is 5.91 Å². The number of rotatable bonds is 13. The molecule has 5 rings (SSSR count). The van der Waals surface area contributed by atoms with Gasteiger partial charge in [-0.25, -0.2) is 0 Å². The number of ketones is 1. The molecule has 1 N–H and O–H groups in total. The molecule has 224 valence electrons. The highest BCUT2D eigenvalue weighted by molar-refractivity contribution is 8.00. The van der Waals surface area contributed by atoms with E-state index in [0.717, 1.165) is 11.1 Å². The van der Waals surface area contributed by atoms with Gasteiger partial charge in [0.05, 0.1) is 18.2 Å². The number of carbonyl (C=O) groups is 2. The summed E-state index contributed by atoms with van der Waals surface area (Å²) in [6.07, 6.45) is 4.61. The Bertz CT molecular complexity index is 1740. The van der Waals surface area contributed by atoms with Crippen LogP contribution in [0.1, 0.15) is 29.7 Å². The summed E-state index contributed by atoms with van der Waals surface area (Å²) in [5.74, 6) is -0.475. The Kier molecular flexibility index (Phi) is 10.2. The number of hydrogen-bond donors (Lipinski definition) is 1. The molecule has 0 saturated heterocycles. The highest BCUT2D eigenvalue weighted by atomic mass is 35.5. The summed E-state index contributed by atoms with van der Waals surface area (Å²) in [6.45, 7) is 6.15. The van der Waals surface area contributed by atoms with E-state index in [2.05, 4.69) is 16.8 Å². The van der Waals surface area contributed by atoms with E-state index >= 15 is 0 Å². The zero-order valence-corrected chi connectivity index (χ0v) is 26.1. The number of aliphatic hydroxyl groups excluding tert-OH is 1. The summed E-state index contributed by atoms with van der Waals surface area (Å²) in [6, 6.07) is 20.9. The predicted octanol–water partition coefficient (Wildman–Crippen LogP) is 7.63. The third-order valence-corrected chi connectivity index (χ3v) is 9.02. The molecule has 1 unspecified atom stereocenters. The fourth-order valence-corrected chi connectivity index (χ4v) is 6.69. The monoisotopic (exact) mass is 645 g/mol. The van der Waals surface area contributed by atoms with Crippen molar-refractivity contribution >= 4 is 57.6 Å². The smallest absolute Gasteiger partial charge is 0.296 e. The fourth-order valence-electron chi connectivity index (χ4n) is 4.54. The maximum atomic E-state index is 13.7. The maximum absolute atomic E-state index is 13.7. The number of carbonyl (C=O) groups excluding carboxylic acids is 2. The van der Waals surface area contributed by atoms with E-state index in [1.54, 1.807) is 30.4 Å². The molecule has 1 aliphatic heterocycles. The van der Waals surface area contributed by atoms with Gasteiger partial charge in [0.15, 0.2) is 27.4 Å². The van der Waals surface area contributed by atoms with Crippen molar-refractivity contribution in [1.29, 1.82) is 0 Å². The number of aliphatic hydroxyl groups is 1. The van der Waals surface area contributed by atoms with Crippen molar-refractivity contribution in [3.63, 3.8) is 0 Å². The normalized spacial score (nSPS) is 14.8. The van der Waals surface area contributed by atoms with Crippen LogP contribution in [0.5, 0.6) is 11.5 Å². The first-order valence-corrected chi connectivity index (χ1v) is 15.8. The lowest BCUT2D eigenvalue weighted by molar-refractivity contribution is -0.117. The number of thioether (sulfide) groups is 1. The van der Waals surface area contributed by atoms with Gasteiger partial charge in [-0.15, -0.1) is 10.2 Å². The summed E-state index contributed by atoms with van der Waals surface area (Å²) < 4.78 is 12.2. The second-order valence-corrected chi connectivity index (χ2v) is 12.0. The topological polar surface area (TPSA) is 102 Å². The molecule has 0 fully saturated rings. The lowest BCUT2D eigenvalue weighted by Gasteiger charge is -2.24. The zero-order chi connectivity index (χ0) is 31.1. The van der Waals surface area contributed by atoms with Crippen LogP contribution >= 0.6 is 34.7 Å². The van der Waals surface area contributed by atoms with Crippen molar-refractivity contribution < 1.29 is 24.2 Å². The first-order chi connectivity index (χ1) is 21.4. The zero-order valence-electron chi connectivity index (χ0n) is 23.7. The Balaban J connectivity index is 1.52. The van der Waals surface area contributed by atoms with Gasteiger partial charge in [-0.3, -0.25) is 14.5 Å². The van der Waals surface area contributed by atoms with Crippen molar-refractivity contribution in [2.45, 2.75) is 23.1 Å². The molecule has 0 radical (unpaired) electrons. The molecule has 44 heavy (non-hydrogen) atoms. The minimum Gasteiger partial charge on any atom is -0.503 e.